The van der Waals surface area contributed by atoms with Crippen LogP contribution < -0.4 is 5.32 Å². The van der Waals surface area contributed by atoms with E-state index in [1.165, 1.54) is 48.5 Å². The number of aromatic nitrogens is 1. The van der Waals surface area contributed by atoms with E-state index in [4.69, 9.17) is 0 Å². The van der Waals surface area contributed by atoms with Gasteiger partial charge in [-0.2, -0.15) is 0 Å². The first kappa shape index (κ1) is 22.9. The second-order valence-electron chi connectivity index (χ2n) is 7.87. The second-order valence-corrected chi connectivity index (χ2v) is 9.86. The molecule has 11 heteroatoms. The number of nitro groups is 1. The maximum absolute atomic E-state index is 13.0. The summed E-state index contributed by atoms with van der Waals surface area (Å²) in [6.45, 7) is 3.24. The van der Waals surface area contributed by atoms with E-state index in [9.17, 15) is 33.2 Å². The number of carbonyl (C=O) groups is 2. The van der Waals surface area contributed by atoms with Crippen LogP contribution in [-0.2, 0) is 20.4 Å². The normalized spacial score (nSPS) is 14.2. The molecule has 1 aliphatic rings. The number of fused-ring (bicyclic) bond motifs is 1. The van der Waals surface area contributed by atoms with E-state index in [-0.39, 0.29) is 27.5 Å². The number of hydrogen-bond donors (Lipinski definition) is 3. The smallest absolute Gasteiger partial charge is 0.337 e. The highest BCUT2D eigenvalue weighted by molar-refractivity contribution is 7.90. The van der Waals surface area contributed by atoms with Crippen LogP contribution in [0.4, 0.5) is 11.4 Å². The van der Waals surface area contributed by atoms with Crippen molar-refractivity contribution in [3.8, 4) is 0 Å². The van der Waals surface area contributed by atoms with Crippen molar-refractivity contribution in [2.45, 2.75) is 24.5 Å². The molecule has 0 unspecified atom stereocenters. The van der Waals surface area contributed by atoms with Crippen LogP contribution in [0.25, 0.3) is 11.6 Å². The van der Waals surface area contributed by atoms with Gasteiger partial charge in [0.05, 0.1) is 26.7 Å². The second kappa shape index (κ2) is 8.27. The van der Waals surface area contributed by atoms with E-state index in [0.29, 0.717) is 33.8 Å². The van der Waals surface area contributed by atoms with Gasteiger partial charge < -0.3 is 15.4 Å². The Bertz CT molecular complexity index is 1500. The summed E-state index contributed by atoms with van der Waals surface area (Å²) in [4.78, 5) is 37.3. The molecule has 0 bridgehead atoms. The Morgan fingerprint density at radius 1 is 1.15 bits per heavy atom. The molecule has 2 aromatic carbocycles. The van der Waals surface area contributed by atoms with Crippen molar-refractivity contribution in [1.82, 2.24) is 4.98 Å². The molecule has 1 aromatic heterocycles. The molecule has 0 saturated heterocycles. The van der Waals surface area contributed by atoms with Gasteiger partial charge in [0.15, 0.2) is 9.84 Å². The number of hydrogen-bond acceptors (Lipinski definition) is 6. The average molecular weight is 481 g/mol. The Kier molecular flexibility index (Phi) is 5.57. The number of benzene rings is 2. The van der Waals surface area contributed by atoms with Crippen LogP contribution in [0.5, 0.6) is 0 Å². The van der Waals surface area contributed by atoms with Crippen molar-refractivity contribution in [3.05, 3.63) is 86.2 Å². The molecule has 0 aliphatic carbocycles. The average Bonchev–Trinajstić information content (AvgIpc) is 3.22. The summed E-state index contributed by atoms with van der Waals surface area (Å²) in [5, 5.41) is 22.9. The molecule has 174 valence electrons. The van der Waals surface area contributed by atoms with Crippen molar-refractivity contribution >= 4 is 44.7 Å². The van der Waals surface area contributed by atoms with E-state index in [1.807, 2.05) is 0 Å². The maximum Gasteiger partial charge on any atom is 0.337 e. The lowest BCUT2D eigenvalue weighted by molar-refractivity contribution is -0.384. The maximum atomic E-state index is 13.0. The number of anilines is 1. The van der Waals surface area contributed by atoms with E-state index in [2.05, 4.69) is 10.3 Å². The lowest BCUT2D eigenvalue weighted by Crippen LogP contribution is -2.05. The van der Waals surface area contributed by atoms with Gasteiger partial charge in [-0.3, -0.25) is 14.9 Å². The highest BCUT2D eigenvalue weighted by Crippen LogP contribution is 2.36. The zero-order valence-corrected chi connectivity index (χ0v) is 18.9. The van der Waals surface area contributed by atoms with E-state index >= 15 is 0 Å². The Balaban J connectivity index is 1.71. The highest BCUT2D eigenvalue weighted by Gasteiger charge is 2.28. The first-order chi connectivity index (χ1) is 16.0. The number of nitro benzene ring substituents is 1. The molecule has 0 saturated carbocycles. The quantitative estimate of drug-likeness (QED) is 0.275. The number of H-pyrrole nitrogens is 1. The van der Waals surface area contributed by atoms with Crippen molar-refractivity contribution in [2.24, 2.45) is 0 Å². The Morgan fingerprint density at radius 2 is 1.82 bits per heavy atom. The number of nitrogens with zero attached hydrogens (tertiary/aromatic N) is 1. The van der Waals surface area contributed by atoms with Gasteiger partial charge in [-0.15, -0.1) is 0 Å². The number of carbonyl (C=O) groups excluding carboxylic acids is 1. The van der Waals surface area contributed by atoms with Crippen molar-refractivity contribution < 1.29 is 28.0 Å². The van der Waals surface area contributed by atoms with Crippen LogP contribution in [0, 0.1) is 24.0 Å². The number of sulfone groups is 1. The lowest BCUT2D eigenvalue weighted by atomic mass is 10.0. The predicted octanol–water partition coefficient (Wildman–Crippen LogP) is 3.70. The fraction of sp³-hybridized carbons (Fsp3) is 0.130. The van der Waals surface area contributed by atoms with Crippen molar-refractivity contribution in [1.29, 1.82) is 0 Å². The minimum atomic E-state index is -3.83. The minimum absolute atomic E-state index is 0.0161. The van der Waals surface area contributed by atoms with Crippen molar-refractivity contribution in [2.75, 3.05) is 5.32 Å². The van der Waals surface area contributed by atoms with Gasteiger partial charge in [0.1, 0.15) is 0 Å². The number of amides is 1. The summed E-state index contributed by atoms with van der Waals surface area (Å²) in [6.07, 6.45) is 1.50. The van der Waals surface area contributed by atoms with Crippen LogP contribution in [0.3, 0.4) is 0 Å². The monoisotopic (exact) mass is 481 g/mol. The molecule has 0 fully saturated rings. The summed E-state index contributed by atoms with van der Waals surface area (Å²) < 4.78 is 26.0. The van der Waals surface area contributed by atoms with Crippen molar-refractivity contribution in [3.63, 3.8) is 0 Å². The van der Waals surface area contributed by atoms with Crippen LogP contribution in [0.1, 0.15) is 38.4 Å². The van der Waals surface area contributed by atoms with Gasteiger partial charge in [0.25, 0.3) is 11.6 Å². The molecule has 0 atom stereocenters. The third kappa shape index (κ3) is 4.08. The molecule has 4 rings (SSSR count). The standard InChI is InChI=1S/C23H19N3O7S/c1-12-20(24-13(2)21(12)23(28)29)10-18-17-9-16(7-8-19(17)25-22(18)27)34(32,33)11-14-3-5-15(6-4-14)26(30)31/h3-10,24H,11H2,1-2H3,(H,25,27)(H,28,29)/b18-10-. The van der Waals surface area contributed by atoms with Gasteiger partial charge in [0, 0.05) is 34.8 Å². The summed E-state index contributed by atoms with van der Waals surface area (Å²) in [5.41, 5.74) is 2.70. The van der Waals surface area contributed by atoms with Gasteiger partial charge in [-0.25, -0.2) is 13.2 Å². The number of aryl methyl sites for hydroxylation is 1. The fourth-order valence-electron chi connectivity index (χ4n) is 3.90. The van der Waals surface area contributed by atoms with Gasteiger partial charge >= 0.3 is 5.97 Å². The summed E-state index contributed by atoms with van der Waals surface area (Å²) in [5.74, 6) is -1.91. The first-order valence-electron chi connectivity index (χ1n) is 10.0. The molecule has 10 nitrogen and oxygen atoms in total. The Morgan fingerprint density at radius 3 is 2.41 bits per heavy atom. The Hall–Kier alpha value is -4.25. The molecule has 34 heavy (non-hydrogen) atoms. The predicted molar refractivity (Wildman–Crippen MR) is 124 cm³/mol. The molecule has 1 aliphatic heterocycles. The Labute approximate surface area is 194 Å². The summed E-state index contributed by atoms with van der Waals surface area (Å²) in [6, 6.07) is 9.52. The third-order valence-corrected chi connectivity index (χ3v) is 7.30. The van der Waals surface area contributed by atoms with Crippen LogP contribution in [0.15, 0.2) is 47.4 Å². The van der Waals surface area contributed by atoms with Crippen LogP contribution >= 0.6 is 0 Å². The fourth-order valence-corrected chi connectivity index (χ4v) is 5.27. The van der Waals surface area contributed by atoms with Gasteiger partial charge in [-0.1, -0.05) is 12.1 Å². The highest BCUT2D eigenvalue weighted by atomic mass is 32.2. The van der Waals surface area contributed by atoms with Crippen LogP contribution in [0.2, 0.25) is 0 Å². The molecule has 2 heterocycles. The SMILES string of the molecule is Cc1[nH]c(/C=C2\C(=O)Nc3ccc(S(=O)(=O)Cc4ccc([N+](=O)[O-])cc4)cc32)c(C)c1C(=O)O. The van der Waals surface area contributed by atoms with E-state index in [1.54, 1.807) is 13.8 Å². The number of carboxylic acids is 1. The lowest BCUT2D eigenvalue weighted by Gasteiger charge is -2.07. The zero-order valence-electron chi connectivity index (χ0n) is 18.1. The van der Waals surface area contributed by atoms with Crippen LogP contribution in [-0.4, -0.2) is 35.3 Å². The summed E-state index contributed by atoms with van der Waals surface area (Å²) in [7, 11) is -3.83. The van der Waals surface area contributed by atoms with E-state index < -0.39 is 26.6 Å². The molecule has 3 N–H and O–H groups in total. The number of aromatic amines is 1. The molecule has 3 aromatic rings. The van der Waals surface area contributed by atoms with Gasteiger partial charge in [-0.05, 0) is 49.2 Å². The molecular weight excluding hydrogens is 462 g/mol. The molecular formula is C23H19N3O7S. The van der Waals surface area contributed by atoms with Gasteiger partial charge in [0.2, 0.25) is 0 Å². The topological polar surface area (TPSA) is 159 Å². The number of carboxylic acid groups (broad SMARTS) is 1. The molecule has 1 amide bonds. The summed E-state index contributed by atoms with van der Waals surface area (Å²) >= 11 is 0. The van der Waals surface area contributed by atoms with E-state index in [0.717, 1.165) is 0 Å². The first-order valence-corrected chi connectivity index (χ1v) is 11.7. The number of aromatic carboxylic acids is 1. The minimum Gasteiger partial charge on any atom is -0.478 e. The largest absolute Gasteiger partial charge is 0.478 e. The third-order valence-electron chi connectivity index (χ3n) is 5.62. The zero-order chi connectivity index (χ0) is 24.8. The molecule has 0 radical (unpaired) electrons. The number of non-ortho nitro benzene ring substituents is 1. The molecule has 0 spiro atoms. The number of rotatable bonds is 6. The number of nitrogens with one attached hydrogen (secondary N) is 2.